The lowest BCUT2D eigenvalue weighted by molar-refractivity contribution is -0.140. The summed E-state index contributed by atoms with van der Waals surface area (Å²) in [6, 6.07) is 2.39. The number of rotatable bonds is 2. The van der Waals surface area contributed by atoms with E-state index in [0.29, 0.717) is 45.9 Å². The van der Waals surface area contributed by atoms with Crippen molar-refractivity contribution in [1.29, 1.82) is 0 Å². The molecule has 2 amide bonds. The van der Waals surface area contributed by atoms with E-state index < -0.39 is 11.9 Å². The summed E-state index contributed by atoms with van der Waals surface area (Å²) in [7, 11) is 0. The van der Waals surface area contributed by atoms with Crippen molar-refractivity contribution < 1.29 is 19.4 Å². The summed E-state index contributed by atoms with van der Waals surface area (Å²) in [5, 5.41) is 13.0. The quantitative estimate of drug-likeness (QED) is 0.730. The fraction of sp³-hybridized carbons (Fsp3) is 0.533. The number of morpholine rings is 1. The second kappa shape index (κ2) is 6.93. The maximum absolute atomic E-state index is 12.7. The van der Waals surface area contributed by atoms with Crippen LogP contribution in [-0.4, -0.2) is 83.7 Å². The largest absolute Gasteiger partial charge is 0.505 e. The highest BCUT2D eigenvalue weighted by Crippen LogP contribution is 2.18. The van der Waals surface area contributed by atoms with Gasteiger partial charge in [-0.3, -0.25) is 9.59 Å². The zero-order chi connectivity index (χ0) is 16.2. The van der Waals surface area contributed by atoms with Gasteiger partial charge >= 0.3 is 0 Å². The third kappa shape index (κ3) is 3.27. The number of carbonyl (C=O) groups is 2. The van der Waals surface area contributed by atoms with Crippen molar-refractivity contribution >= 4 is 11.8 Å². The Labute approximate surface area is 134 Å². The summed E-state index contributed by atoms with van der Waals surface area (Å²) in [6.07, 6.45) is 1.45. The van der Waals surface area contributed by atoms with E-state index in [-0.39, 0.29) is 17.4 Å². The van der Waals surface area contributed by atoms with Crippen LogP contribution in [0.25, 0.3) is 0 Å². The minimum absolute atomic E-state index is 0.0193. The van der Waals surface area contributed by atoms with Gasteiger partial charge in [-0.1, -0.05) is 0 Å². The van der Waals surface area contributed by atoms with Gasteiger partial charge in [-0.05, 0) is 12.1 Å². The normalized spacial score (nSPS) is 22.0. The van der Waals surface area contributed by atoms with E-state index in [1.54, 1.807) is 11.0 Å². The van der Waals surface area contributed by atoms with Gasteiger partial charge in [0.25, 0.3) is 5.91 Å². The van der Waals surface area contributed by atoms with E-state index in [4.69, 9.17) is 4.74 Å². The van der Waals surface area contributed by atoms with Gasteiger partial charge in [-0.15, -0.1) is 0 Å². The standard InChI is InChI=1S/C15H20N4O4/c20-12-2-1-3-17-13(12)15(22)19-5-4-16-10-11(19)14(21)18-6-8-23-9-7-18/h1-3,11,16,20H,4-10H2. The molecular weight excluding hydrogens is 300 g/mol. The van der Waals surface area contributed by atoms with Crippen LogP contribution in [0.1, 0.15) is 10.5 Å². The highest BCUT2D eigenvalue weighted by molar-refractivity contribution is 5.98. The first-order chi connectivity index (χ1) is 11.2. The lowest BCUT2D eigenvalue weighted by Crippen LogP contribution is -2.61. The maximum atomic E-state index is 12.7. The molecule has 0 bridgehead atoms. The molecule has 1 atom stereocenters. The van der Waals surface area contributed by atoms with Crippen LogP contribution >= 0.6 is 0 Å². The molecule has 0 aliphatic carbocycles. The third-order valence-electron chi connectivity index (χ3n) is 4.10. The molecule has 0 spiro atoms. The van der Waals surface area contributed by atoms with Crippen molar-refractivity contribution in [2.45, 2.75) is 6.04 Å². The molecule has 0 saturated carbocycles. The van der Waals surface area contributed by atoms with Gasteiger partial charge in [-0.2, -0.15) is 0 Å². The van der Waals surface area contributed by atoms with E-state index in [0.717, 1.165) is 0 Å². The first-order valence-corrected chi connectivity index (χ1v) is 7.70. The number of hydrogen-bond donors (Lipinski definition) is 2. The average molecular weight is 320 g/mol. The predicted molar refractivity (Wildman–Crippen MR) is 81.0 cm³/mol. The van der Waals surface area contributed by atoms with E-state index in [1.165, 1.54) is 17.2 Å². The molecule has 124 valence electrons. The maximum Gasteiger partial charge on any atom is 0.277 e. The third-order valence-corrected chi connectivity index (χ3v) is 4.10. The van der Waals surface area contributed by atoms with Crippen molar-refractivity contribution in [2.75, 3.05) is 45.9 Å². The number of aromatic nitrogens is 1. The SMILES string of the molecule is O=C(C1CNCCN1C(=O)c1ncccc1O)N1CCOCC1. The summed E-state index contributed by atoms with van der Waals surface area (Å²) in [5.41, 5.74) is -0.0193. The molecule has 1 unspecified atom stereocenters. The van der Waals surface area contributed by atoms with Crippen LogP contribution in [0.5, 0.6) is 5.75 Å². The monoisotopic (exact) mass is 320 g/mol. The summed E-state index contributed by atoms with van der Waals surface area (Å²) in [5.74, 6) is -0.686. The highest BCUT2D eigenvalue weighted by atomic mass is 16.5. The molecule has 1 aromatic heterocycles. The molecule has 3 rings (SSSR count). The molecule has 0 radical (unpaired) electrons. The molecule has 8 heteroatoms. The highest BCUT2D eigenvalue weighted by Gasteiger charge is 2.36. The lowest BCUT2D eigenvalue weighted by atomic mass is 10.1. The Bertz CT molecular complexity index is 589. The summed E-state index contributed by atoms with van der Waals surface area (Å²) in [4.78, 5) is 32.6. The Hall–Kier alpha value is -2.19. The van der Waals surface area contributed by atoms with Gasteiger partial charge < -0.3 is 25.0 Å². The fourth-order valence-corrected chi connectivity index (χ4v) is 2.86. The zero-order valence-corrected chi connectivity index (χ0v) is 12.8. The molecule has 0 aromatic carbocycles. The Morgan fingerprint density at radius 2 is 2.09 bits per heavy atom. The zero-order valence-electron chi connectivity index (χ0n) is 12.8. The molecular formula is C15H20N4O4. The van der Waals surface area contributed by atoms with Gasteiger partial charge in [0.05, 0.1) is 13.2 Å². The van der Waals surface area contributed by atoms with Crippen molar-refractivity contribution in [2.24, 2.45) is 0 Å². The molecule has 1 aromatic rings. The number of hydrogen-bond acceptors (Lipinski definition) is 6. The number of carbonyl (C=O) groups excluding carboxylic acids is 2. The molecule has 2 aliphatic rings. The van der Waals surface area contributed by atoms with E-state index in [2.05, 4.69) is 10.3 Å². The molecule has 8 nitrogen and oxygen atoms in total. The number of nitrogens with one attached hydrogen (secondary N) is 1. The van der Waals surface area contributed by atoms with Crippen LogP contribution in [0, 0.1) is 0 Å². The van der Waals surface area contributed by atoms with Gasteiger partial charge in [0.1, 0.15) is 11.8 Å². The number of aromatic hydroxyl groups is 1. The average Bonchev–Trinajstić information content (AvgIpc) is 2.62. The first-order valence-electron chi connectivity index (χ1n) is 7.70. The number of piperazine rings is 1. The summed E-state index contributed by atoms with van der Waals surface area (Å²) < 4.78 is 5.26. The van der Waals surface area contributed by atoms with Crippen LogP contribution in [0.3, 0.4) is 0 Å². The van der Waals surface area contributed by atoms with Crippen LogP contribution < -0.4 is 5.32 Å². The van der Waals surface area contributed by atoms with Crippen LogP contribution in [0.4, 0.5) is 0 Å². The first kappa shape index (κ1) is 15.7. The number of ether oxygens (including phenoxy) is 1. The smallest absolute Gasteiger partial charge is 0.277 e. The van der Waals surface area contributed by atoms with Gasteiger partial charge in [0, 0.05) is 38.9 Å². The van der Waals surface area contributed by atoms with Crippen LogP contribution in [-0.2, 0) is 9.53 Å². The van der Waals surface area contributed by atoms with Crippen molar-refractivity contribution in [1.82, 2.24) is 20.1 Å². The van der Waals surface area contributed by atoms with Crippen LogP contribution in [0.15, 0.2) is 18.3 Å². The molecule has 2 saturated heterocycles. The summed E-state index contributed by atoms with van der Waals surface area (Å²) >= 11 is 0. The molecule has 23 heavy (non-hydrogen) atoms. The van der Waals surface area contributed by atoms with Crippen molar-refractivity contribution in [3.05, 3.63) is 24.0 Å². The van der Waals surface area contributed by atoms with E-state index >= 15 is 0 Å². The van der Waals surface area contributed by atoms with Crippen LogP contribution in [0.2, 0.25) is 0 Å². The second-order valence-corrected chi connectivity index (χ2v) is 5.53. The predicted octanol–water partition coefficient (Wildman–Crippen LogP) is -0.940. The minimum Gasteiger partial charge on any atom is -0.505 e. The molecule has 2 aliphatic heterocycles. The Morgan fingerprint density at radius 3 is 2.83 bits per heavy atom. The van der Waals surface area contributed by atoms with E-state index in [1.807, 2.05) is 0 Å². The topological polar surface area (TPSA) is 95.0 Å². The lowest BCUT2D eigenvalue weighted by Gasteiger charge is -2.38. The van der Waals surface area contributed by atoms with Gasteiger partial charge in [0.2, 0.25) is 5.91 Å². The molecule has 2 fully saturated rings. The summed E-state index contributed by atoms with van der Waals surface area (Å²) in [6.45, 7) is 3.50. The Balaban J connectivity index is 1.79. The Morgan fingerprint density at radius 1 is 1.30 bits per heavy atom. The molecule has 3 heterocycles. The Kier molecular flexibility index (Phi) is 4.73. The minimum atomic E-state index is -0.587. The number of amides is 2. The van der Waals surface area contributed by atoms with Gasteiger partial charge in [0.15, 0.2) is 5.69 Å². The van der Waals surface area contributed by atoms with Gasteiger partial charge in [-0.25, -0.2) is 4.98 Å². The number of nitrogens with zero attached hydrogens (tertiary/aromatic N) is 3. The van der Waals surface area contributed by atoms with Crippen molar-refractivity contribution in [3.8, 4) is 5.75 Å². The molecule has 2 N–H and O–H groups in total. The second-order valence-electron chi connectivity index (χ2n) is 5.53. The van der Waals surface area contributed by atoms with E-state index in [9.17, 15) is 14.7 Å². The fourth-order valence-electron chi connectivity index (χ4n) is 2.86. The number of pyridine rings is 1. The van der Waals surface area contributed by atoms with Crippen molar-refractivity contribution in [3.63, 3.8) is 0 Å².